The number of nitrogens with zero attached hydrogens (tertiary/aromatic N) is 2. The molecule has 0 bridgehead atoms. The molecule has 7 nitrogen and oxygen atoms in total. The van der Waals surface area contributed by atoms with Gasteiger partial charge >= 0.3 is 5.97 Å². The van der Waals surface area contributed by atoms with Crippen LogP contribution in [-0.4, -0.2) is 38.2 Å². The van der Waals surface area contributed by atoms with Crippen LogP contribution in [0.5, 0.6) is 0 Å². The maximum absolute atomic E-state index is 12.7. The van der Waals surface area contributed by atoms with Crippen molar-refractivity contribution in [2.45, 2.75) is 18.4 Å². The fourth-order valence-electron chi connectivity index (χ4n) is 2.74. The molecule has 0 aliphatic rings. The quantitative estimate of drug-likeness (QED) is 0.567. The minimum atomic E-state index is -3.36. The van der Waals surface area contributed by atoms with Gasteiger partial charge in [0.15, 0.2) is 14.6 Å². The lowest BCUT2D eigenvalue weighted by atomic mass is 10.2. The third-order valence-electron chi connectivity index (χ3n) is 4.22. The van der Waals surface area contributed by atoms with Crippen LogP contribution >= 0.6 is 22.9 Å². The molecule has 0 unspecified atom stereocenters. The lowest BCUT2D eigenvalue weighted by molar-refractivity contribution is -0.141. The molecule has 0 fully saturated rings. The summed E-state index contributed by atoms with van der Waals surface area (Å²) in [7, 11) is -2.08. The van der Waals surface area contributed by atoms with E-state index in [2.05, 4.69) is 4.99 Å². The van der Waals surface area contributed by atoms with Crippen LogP contribution in [0.15, 0.2) is 46.3 Å². The summed E-state index contributed by atoms with van der Waals surface area (Å²) in [6.45, 7) is 1.74. The molecule has 2 aromatic carbocycles. The second kappa shape index (κ2) is 8.10. The Kier molecular flexibility index (Phi) is 5.92. The summed E-state index contributed by atoms with van der Waals surface area (Å²) in [5.41, 5.74) is 1.80. The average molecular weight is 453 g/mol. The number of hydrogen-bond donors (Lipinski definition) is 0. The van der Waals surface area contributed by atoms with Gasteiger partial charge in [0.1, 0.15) is 6.54 Å². The van der Waals surface area contributed by atoms with E-state index in [9.17, 15) is 18.0 Å². The summed E-state index contributed by atoms with van der Waals surface area (Å²) in [5, 5.41) is 0.487. The highest BCUT2D eigenvalue weighted by Crippen LogP contribution is 2.29. The van der Waals surface area contributed by atoms with Crippen LogP contribution in [0.3, 0.4) is 0 Å². The molecule has 1 amide bonds. The van der Waals surface area contributed by atoms with Crippen LogP contribution in [0.25, 0.3) is 10.2 Å². The Hall–Kier alpha value is -2.49. The molecule has 10 heteroatoms. The molecule has 0 spiro atoms. The molecule has 1 heterocycles. The normalized spacial score (nSPS) is 12.3. The van der Waals surface area contributed by atoms with Crippen LogP contribution in [0.4, 0.5) is 0 Å². The fourth-order valence-corrected chi connectivity index (χ4v) is 4.75. The van der Waals surface area contributed by atoms with Gasteiger partial charge in [-0.2, -0.15) is 4.99 Å². The molecule has 1 aromatic heterocycles. The number of halogens is 1. The molecule has 29 heavy (non-hydrogen) atoms. The molecular weight excluding hydrogens is 436 g/mol. The Bertz CT molecular complexity index is 1290. The van der Waals surface area contributed by atoms with Gasteiger partial charge in [-0.1, -0.05) is 29.0 Å². The monoisotopic (exact) mass is 452 g/mol. The van der Waals surface area contributed by atoms with Crippen molar-refractivity contribution in [3.05, 3.63) is 57.3 Å². The first-order valence-corrected chi connectivity index (χ1v) is 11.4. The molecule has 0 N–H and O–H groups in total. The van der Waals surface area contributed by atoms with Crippen molar-refractivity contribution in [1.29, 1.82) is 0 Å². The number of thiazole rings is 1. The molecule has 152 valence electrons. The van der Waals surface area contributed by atoms with E-state index in [1.165, 1.54) is 42.7 Å². The summed E-state index contributed by atoms with van der Waals surface area (Å²) in [6, 6.07) is 9.07. The molecule has 0 saturated heterocycles. The minimum Gasteiger partial charge on any atom is -0.468 e. The van der Waals surface area contributed by atoms with E-state index in [4.69, 9.17) is 16.3 Å². The number of amides is 1. The number of methoxy groups -OCH3 is 1. The number of aromatic nitrogens is 1. The maximum atomic E-state index is 12.7. The first-order chi connectivity index (χ1) is 13.6. The average Bonchev–Trinajstić information content (AvgIpc) is 3.03. The predicted octanol–water partition coefficient (Wildman–Crippen LogP) is 2.98. The van der Waals surface area contributed by atoms with E-state index in [-0.39, 0.29) is 17.0 Å². The van der Waals surface area contributed by atoms with Gasteiger partial charge in [0.05, 0.1) is 27.2 Å². The van der Waals surface area contributed by atoms with Crippen LogP contribution in [-0.2, 0) is 25.9 Å². The number of aryl methyl sites for hydroxylation is 1. The Morgan fingerprint density at radius 3 is 2.41 bits per heavy atom. The number of esters is 1. The van der Waals surface area contributed by atoms with Gasteiger partial charge in [-0.05, 0) is 42.8 Å². The minimum absolute atomic E-state index is 0.110. The highest BCUT2D eigenvalue weighted by atomic mass is 35.5. The summed E-state index contributed by atoms with van der Waals surface area (Å²) < 4.78 is 30.2. The number of carbonyl (C=O) groups excluding carboxylic acids is 2. The lowest BCUT2D eigenvalue weighted by Gasteiger charge is -2.06. The van der Waals surface area contributed by atoms with Crippen molar-refractivity contribution in [1.82, 2.24) is 4.57 Å². The molecule has 3 aromatic rings. The van der Waals surface area contributed by atoms with Crippen molar-refractivity contribution in [2.24, 2.45) is 4.99 Å². The molecule has 0 aliphatic heterocycles. The van der Waals surface area contributed by atoms with Crippen LogP contribution in [0, 0.1) is 6.92 Å². The Morgan fingerprint density at radius 2 is 1.83 bits per heavy atom. The Balaban J connectivity index is 2.15. The Morgan fingerprint density at radius 1 is 1.17 bits per heavy atom. The first-order valence-electron chi connectivity index (χ1n) is 8.36. The topological polar surface area (TPSA) is 94.8 Å². The van der Waals surface area contributed by atoms with Crippen molar-refractivity contribution >= 4 is 54.9 Å². The third-order valence-corrected chi connectivity index (χ3v) is 6.89. The number of carbonyl (C=O) groups is 2. The van der Waals surface area contributed by atoms with E-state index in [1.54, 1.807) is 10.6 Å². The zero-order valence-electron chi connectivity index (χ0n) is 15.8. The number of ether oxygens (including phenoxy) is 1. The lowest BCUT2D eigenvalue weighted by Crippen LogP contribution is -2.22. The number of sulfone groups is 1. The van der Waals surface area contributed by atoms with Gasteiger partial charge in [-0.3, -0.25) is 9.59 Å². The van der Waals surface area contributed by atoms with E-state index < -0.39 is 21.7 Å². The standard InChI is InChI=1S/C19H17ClN2O5S2/c1-11-4-9-14(20)17-16(11)22(10-15(23)27-2)19(28-17)21-18(24)12-5-7-13(8-6-12)29(3,25)26/h4-9H,10H2,1-3H3. The van der Waals surface area contributed by atoms with Crippen LogP contribution in [0.2, 0.25) is 5.02 Å². The third kappa shape index (κ3) is 4.42. The van der Waals surface area contributed by atoms with Gasteiger partial charge in [0, 0.05) is 11.8 Å². The van der Waals surface area contributed by atoms with E-state index in [1.807, 2.05) is 13.0 Å². The Labute approximate surface area is 176 Å². The fraction of sp³-hybridized carbons (Fsp3) is 0.211. The zero-order valence-corrected chi connectivity index (χ0v) is 18.2. The summed E-state index contributed by atoms with van der Waals surface area (Å²) in [6.07, 6.45) is 1.09. The van der Waals surface area contributed by atoms with Gasteiger partial charge in [0.25, 0.3) is 5.91 Å². The van der Waals surface area contributed by atoms with Gasteiger partial charge in [0.2, 0.25) is 0 Å². The first kappa shape index (κ1) is 21.2. The van der Waals surface area contributed by atoms with Gasteiger partial charge < -0.3 is 9.30 Å². The van der Waals surface area contributed by atoms with E-state index in [0.717, 1.165) is 11.8 Å². The van der Waals surface area contributed by atoms with Crippen molar-refractivity contribution in [3.8, 4) is 0 Å². The highest BCUT2D eigenvalue weighted by molar-refractivity contribution is 7.90. The molecule has 0 radical (unpaired) electrons. The molecular formula is C19H17ClN2O5S2. The SMILES string of the molecule is COC(=O)Cn1c(=NC(=O)c2ccc(S(C)(=O)=O)cc2)sc2c(Cl)ccc(C)c21. The van der Waals surface area contributed by atoms with Crippen LogP contribution in [0.1, 0.15) is 15.9 Å². The largest absolute Gasteiger partial charge is 0.468 e. The predicted molar refractivity (Wildman–Crippen MR) is 111 cm³/mol. The van der Waals surface area contributed by atoms with Gasteiger partial charge in [-0.25, -0.2) is 8.42 Å². The number of rotatable bonds is 4. The maximum Gasteiger partial charge on any atom is 0.325 e. The molecule has 0 aliphatic carbocycles. The number of benzene rings is 2. The van der Waals surface area contributed by atoms with Gasteiger partial charge in [-0.15, -0.1) is 0 Å². The number of fused-ring (bicyclic) bond motifs is 1. The second-order valence-electron chi connectivity index (χ2n) is 6.30. The zero-order chi connectivity index (χ0) is 21.3. The highest BCUT2D eigenvalue weighted by Gasteiger charge is 2.16. The summed E-state index contributed by atoms with van der Waals surface area (Å²) in [5.74, 6) is -1.06. The molecule has 3 rings (SSSR count). The number of hydrogen-bond acceptors (Lipinski definition) is 6. The smallest absolute Gasteiger partial charge is 0.325 e. The summed E-state index contributed by atoms with van der Waals surface area (Å²) >= 11 is 7.48. The second-order valence-corrected chi connectivity index (χ2v) is 9.70. The summed E-state index contributed by atoms with van der Waals surface area (Å²) in [4.78, 5) is 29.1. The van der Waals surface area contributed by atoms with Crippen molar-refractivity contribution < 1.29 is 22.7 Å². The van der Waals surface area contributed by atoms with Crippen molar-refractivity contribution in [2.75, 3.05) is 13.4 Å². The van der Waals surface area contributed by atoms with E-state index in [0.29, 0.717) is 20.0 Å². The molecule has 0 atom stereocenters. The molecule has 0 saturated carbocycles. The van der Waals surface area contributed by atoms with Crippen LogP contribution < -0.4 is 4.80 Å². The van der Waals surface area contributed by atoms with Crippen molar-refractivity contribution in [3.63, 3.8) is 0 Å². The van der Waals surface area contributed by atoms with E-state index >= 15 is 0 Å².